The van der Waals surface area contributed by atoms with Crippen molar-refractivity contribution in [3.63, 3.8) is 0 Å². The van der Waals surface area contributed by atoms with Gasteiger partial charge in [-0.05, 0) is 49.4 Å². The fourth-order valence-electron chi connectivity index (χ4n) is 3.46. The number of nitriles is 1. The number of amides is 2. The summed E-state index contributed by atoms with van der Waals surface area (Å²) < 4.78 is 0. The van der Waals surface area contributed by atoms with Crippen LogP contribution in [0.4, 0.5) is 4.79 Å². The van der Waals surface area contributed by atoms with Gasteiger partial charge in [0.1, 0.15) is 0 Å². The maximum atomic E-state index is 12.8. The summed E-state index contributed by atoms with van der Waals surface area (Å²) in [5.74, 6) is 0.0625. The van der Waals surface area contributed by atoms with Crippen molar-refractivity contribution in [2.24, 2.45) is 5.92 Å². The Bertz CT molecular complexity index is 805. The number of carbonyl (C=O) groups excluding carboxylic acids is 1. The highest BCUT2D eigenvalue weighted by Gasteiger charge is 2.26. The molecule has 0 saturated carbocycles. The SMILES string of the molecule is Cc1ccc([C@@H](NC(=O)N2CCC(C#N)CC2)c2cccnc2)c(C)c1. The van der Waals surface area contributed by atoms with E-state index in [1.165, 1.54) is 5.56 Å². The quantitative estimate of drug-likeness (QED) is 0.919. The van der Waals surface area contributed by atoms with E-state index in [0.29, 0.717) is 13.1 Å². The minimum absolute atomic E-state index is 0.0625. The summed E-state index contributed by atoms with van der Waals surface area (Å²) in [5, 5.41) is 12.2. The Morgan fingerprint density at radius 2 is 2.08 bits per heavy atom. The summed E-state index contributed by atoms with van der Waals surface area (Å²) in [6.45, 7) is 5.37. The van der Waals surface area contributed by atoms with Gasteiger partial charge in [0.25, 0.3) is 0 Å². The van der Waals surface area contributed by atoms with Gasteiger partial charge in [-0.2, -0.15) is 5.26 Å². The molecule has 0 radical (unpaired) electrons. The van der Waals surface area contributed by atoms with Crippen LogP contribution in [0.3, 0.4) is 0 Å². The van der Waals surface area contributed by atoms with E-state index in [0.717, 1.165) is 29.5 Å². The molecule has 1 aromatic heterocycles. The molecule has 1 aliphatic rings. The van der Waals surface area contributed by atoms with Gasteiger partial charge in [-0.1, -0.05) is 29.8 Å². The Balaban J connectivity index is 1.83. The molecule has 1 atom stereocenters. The second-order valence-electron chi connectivity index (χ2n) is 6.92. The van der Waals surface area contributed by atoms with Crippen LogP contribution in [0.5, 0.6) is 0 Å². The normalized spacial score (nSPS) is 16.0. The average Bonchev–Trinajstić information content (AvgIpc) is 2.67. The molecule has 1 fully saturated rings. The summed E-state index contributed by atoms with van der Waals surface area (Å²) in [4.78, 5) is 18.9. The molecule has 0 bridgehead atoms. The van der Waals surface area contributed by atoms with Crippen LogP contribution in [-0.2, 0) is 0 Å². The molecule has 0 unspecified atom stereocenters. The zero-order valence-electron chi connectivity index (χ0n) is 15.3. The number of urea groups is 1. The topological polar surface area (TPSA) is 69.0 Å². The van der Waals surface area contributed by atoms with Crippen LogP contribution in [0.2, 0.25) is 0 Å². The number of carbonyl (C=O) groups is 1. The maximum Gasteiger partial charge on any atom is 0.318 e. The standard InChI is InChI=1S/C21H24N4O/c1-15-5-6-19(16(2)12-15)20(18-4-3-9-23-14-18)24-21(26)25-10-7-17(13-22)8-11-25/h3-6,9,12,14,17,20H,7-8,10-11H2,1-2H3,(H,24,26)/t20-/m0/s1. The number of nitrogens with zero attached hydrogens (tertiary/aromatic N) is 3. The molecule has 2 aromatic rings. The fourth-order valence-corrected chi connectivity index (χ4v) is 3.46. The van der Waals surface area contributed by atoms with E-state index in [9.17, 15) is 4.79 Å². The Labute approximate surface area is 154 Å². The third-order valence-electron chi connectivity index (χ3n) is 4.99. The van der Waals surface area contributed by atoms with E-state index in [1.807, 2.05) is 12.1 Å². The number of pyridine rings is 1. The molecule has 1 N–H and O–H groups in total. The van der Waals surface area contributed by atoms with Gasteiger partial charge in [0.2, 0.25) is 0 Å². The van der Waals surface area contributed by atoms with Crippen molar-refractivity contribution in [3.8, 4) is 6.07 Å². The van der Waals surface area contributed by atoms with Crippen molar-refractivity contribution < 1.29 is 4.79 Å². The number of likely N-dealkylation sites (tertiary alicyclic amines) is 1. The second-order valence-corrected chi connectivity index (χ2v) is 6.92. The first kappa shape index (κ1) is 17.9. The van der Waals surface area contributed by atoms with Crippen molar-refractivity contribution in [3.05, 3.63) is 65.0 Å². The maximum absolute atomic E-state index is 12.8. The zero-order chi connectivity index (χ0) is 18.5. The highest BCUT2D eigenvalue weighted by molar-refractivity contribution is 5.75. The number of hydrogen-bond donors (Lipinski definition) is 1. The van der Waals surface area contributed by atoms with Crippen LogP contribution in [0.15, 0.2) is 42.7 Å². The second kappa shape index (κ2) is 8.01. The minimum atomic E-state index is -0.245. The molecule has 26 heavy (non-hydrogen) atoms. The van der Waals surface area contributed by atoms with Crippen molar-refractivity contribution in [1.82, 2.24) is 15.2 Å². The summed E-state index contributed by atoms with van der Waals surface area (Å²) >= 11 is 0. The van der Waals surface area contributed by atoms with Gasteiger partial charge in [0, 0.05) is 31.4 Å². The molecule has 1 saturated heterocycles. The van der Waals surface area contributed by atoms with Crippen molar-refractivity contribution in [2.75, 3.05) is 13.1 Å². The largest absolute Gasteiger partial charge is 0.327 e. The first-order valence-electron chi connectivity index (χ1n) is 9.00. The van der Waals surface area contributed by atoms with E-state index in [1.54, 1.807) is 17.3 Å². The number of aromatic nitrogens is 1. The monoisotopic (exact) mass is 348 g/mol. The number of aryl methyl sites for hydroxylation is 2. The molecule has 1 aromatic carbocycles. The highest BCUT2D eigenvalue weighted by Crippen LogP contribution is 2.26. The van der Waals surface area contributed by atoms with E-state index < -0.39 is 0 Å². The van der Waals surface area contributed by atoms with Crippen molar-refractivity contribution >= 4 is 6.03 Å². The molecule has 5 nitrogen and oxygen atoms in total. The predicted molar refractivity (Wildman–Crippen MR) is 100 cm³/mol. The Hall–Kier alpha value is -2.87. The average molecular weight is 348 g/mol. The lowest BCUT2D eigenvalue weighted by atomic mass is 9.94. The lowest BCUT2D eigenvalue weighted by Gasteiger charge is -2.31. The van der Waals surface area contributed by atoms with Crippen LogP contribution in [-0.4, -0.2) is 29.0 Å². The van der Waals surface area contributed by atoms with Crippen LogP contribution < -0.4 is 5.32 Å². The van der Waals surface area contributed by atoms with Gasteiger partial charge in [-0.25, -0.2) is 4.79 Å². The van der Waals surface area contributed by atoms with Gasteiger partial charge >= 0.3 is 6.03 Å². The molecular formula is C21H24N4O. The van der Waals surface area contributed by atoms with Crippen LogP contribution in [0, 0.1) is 31.1 Å². The third-order valence-corrected chi connectivity index (χ3v) is 4.99. The fraction of sp³-hybridized carbons (Fsp3) is 0.381. The Morgan fingerprint density at radius 3 is 2.69 bits per heavy atom. The van der Waals surface area contributed by atoms with Gasteiger partial charge in [-0.15, -0.1) is 0 Å². The Kier molecular flexibility index (Phi) is 5.52. The molecule has 3 rings (SSSR count). The van der Waals surface area contributed by atoms with Crippen LogP contribution in [0.25, 0.3) is 0 Å². The van der Waals surface area contributed by atoms with E-state index in [2.05, 4.69) is 48.4 Å². The number of piperidine rings is 1. The highest BCUT2D eigenvalue weighted by atomic mass is 16.2. The van der Waals surface area contributed by atoms with Crippen LogP contribution in [0.1, 0.15) is 41.1 Å². The lowest BCUT2D eigenvalue weighted by Crippen LogP contribution is -2.45. The van der Waals surface area contributed by atoms with Crippen molar-refractivity contribution in [1.29, 1.82) is 5.26 Å². The van der Waals surface area contributed by atoms with Crippen molar-refractivity contribution in [2.45, 2.75) is 32.7 Å². The zero-order valence-corrected chi connectivity index (χ0v) is 15.3. The Morgan fingerprint density at radius 1 is 1.31 bits per heavy atom. The first-order valence-corrected chi connectivity index (χ1v) is 9.00. The number of hydrogen-bond acceptors (Lipinski definition) is 3. The van der Waals surface area contributed by atoms with Gasteiger partial charge in [0.15, 0.2) is 0 Å². The molecule has 0 aliphatic carbocycles. The summed E-state index contributed by atoms with van der Waals surface area (Å²) in [6.07, 6.45) is 5.01. The smallest absolute Gasteiger partial charge is 0.318 e. The molecule has 1 aliphatic heterocycles. The molecular weight excluding hydrogens is 324 g/mol. The van der Waals surface area contributed by atoms with Gasteiger partial charge < -0.3 is 10.2 Å². The summed E-state index contributed by atoms with van der Waals surface area (Å²) in [5.41, 5.74) is 4.37. The van der Waals surface area contributed by atoms with Gasteiger partial charge in [0.05, 0.1) is 12.1 Å². The number of nitrogens with one attached hydrogen (secondary N) is 1. The molecule has 5 heteroatoms. The molecule has 2 amide bonds. The molecule has 2 heterocycles. The molecule has 0 spiro atoms. The first-order chi connectivity index (χ1) is 12.6. The van der Waals surface area contributed by atoms with E-state index in [-0.39, 0.29) is 18.0 Å². The molecule has 134 valence electrons. The third kappa shape index (κ3) is 4.02. The number of rotatable bonds is 3. The van der Waals surface area contributed by atoms with E-state index >= 15 is 0 Å². The summed E-state index contributed by atoms with van der Waals surface area (Å²) in [7, 11) is 0. The lowest BCUT2D eigenvalue weighted by molar-refractivity contribution is 0.177. The van der Waals surface area contributed by atoms with Crippen LogP contribution >= 0.6 is 0 Å². The number of benzene rings is 1. The minimum Gasteiger partial charge on any atom is -0.327 e. The van der Waals surface area contributed by atoms with E-state index in [4.69, 9.17) is 5.26 Å². The predicted octanol–water partition coefficient (Wildman–Crippen LogP) is 3.73. The summed E-state index contributed by atoms with van der Waals surface area (Å²) in [6, 6.07) is 12.1. The van der Waals surface area contributed by atoms with Gasteiger partial charge in [-0.3, -0.25) is 4.98 Å².